The normalized spacial score (nSPS) is 14.7. The van der Waals surface area contributed by atoms with Gasteiger partial charge in [-0.1, -0.05) is 63.9 Å². The molecule has 0 saturated carbocycles. The van der Waals surface area contributed by atoms with Crippen LogP contribution in [-0.4, -0.2) is 31.1 Å². The molecule has 0 saturated heterocycles. The quantitative estimate of drug-likeness (QED) is 0.732. The van der Waals surface area contributed by atoms with Crippen LogP contribution in [0, 0.1) is 12.3 Å². The molecule has 1 N–H and O–H groups in total. The third-order valence-electron chi connectivity index (χ3n) is 4.02. The van der Waals surface area contributed by atoms with Gasteiger partial charge in [0.25, 0.3) is 0 Å². The van der Waals surface area contributed by atoms with Gasteiger partial charge in [-0.2, -0.15) is 0 Å². The lowest BCUT2D eigenvalue weighted by Gasteiger charge is -2.35. The summed E-state index contributed by atoms with van der Waals surface area (Å²) < 4.78 is 0. The number of benzene rings is 1. The molecule has 2 nitrogen and oxygen atoms in total. The summed E-state index contributed by atoms with van der Waals surface area (Å²) in [6.45, 7) is 14.5. The van der Waals surface area contributed by atoms with Crippen molar-refractivity contribution in [1.82, 2.24) is 10.2 Å². The maximum Gasteiger partial charge on any atom is 0.0230 e. The molecule has 0 bridgehead atoms. The fraction of sp³-hybridized carbons (Fsp3) is 0.684. The van der Waals surface area contributed by atoms with E-state index in [4.69, 9.17) is 0 Å². The standard InChI is InChI=1S/C19H34N2/c1-7-12-19(5,14-20-16(2)3)15-21(6)13-18-10-8-17(4)9-11-18/h8-11,16,20H,7,12-15H2,1-6H3. The Morgan fingerprint density at radius 3 is 2.33 bits per heavy atom. The molecule has 0 heterocycles. The number of hydrogen-bond donors (Lipinski definition) is 1. The minimum absolute atomic E-state index is 0.346. The maximum atomic E-state index is 3.62. The van der Waals surface area contributed by atoms with E-state index in [-0.39, 0.29) is 0 Å². The van der Waals surface area contributed by atoms with Gasteiger partial charge in [0.05, 0.1) is 0 Å². The third kappa shape index (κ3) is 7.10. The molecule has 2 heteroatoms. The molecule has 0 aliphatic heterocycles. The van der Waals surface area contributed by atoms with Crippen molar-refractivity contribution >= 4 is 0 Å². The van der Waals surface area contributed by atoms with Crippen molar-refractivity contribution in [3.63, 3.8) is 0 Å². The van der Waals surface area contributed by atoms with Crippen molar-refractivity contribution in [2.75, 3.05) is 20.1 Å². The van der Waals surface area contributed by atoms with Gasteiger partial charge in [-0.3, -0.25) is 0 Å². The molecule has 1 atom stereocenters. The molecule has 21 heavy (non-hydrogen) atoms. The average molecular weight is 290 g/mol. The van der Waals surface area contributed by atoms with Crippen LogP contribution >= 0.6 is 0 Å². The summed E-state index contributed by atoms with van der Waals surface area (Å²) in [5, 5.41) is 3.62. The molecule has 0 spiro atoms. The van der Waals surface area contributed by atoms with E-state index in [0.29, 0.717) is 11.5 Å². The van der Waals surface area contributed by atoms with E-state index in [1.807, 2.05) is 0 Å². The Morgan fingerprint density at radius 2 is 1.81 bits per heavy atom. The SMILES string of the molecule is CCCC(C)(CNC(C)C)CN(C)Cc1ccc(C)cc1. The zero-order chi connectivity index (χ0) is 15.9. The predicted octanol–water partition coefficient (Wildman–Crippen LogP) is 4.23. The van der Waals surface area contributed by atoms with E-state index in [1.54, 1.807) is 0 Å². The van der Waals surface area contributed by atoms with Crippen LogP contribution in [0.4, 0.5) is 0 Å². The fourth-order valence-corrected chi connectivity index (χ4v) is 2.99. The summed E-state index contributed by atoms with van der Waals surface area (Å²) in [5.74, 6) is 0. The van der Waals surface area contributed by atoms with Gasteiger partial charge in [0.2, 0.25) is 0 Å². The summed E-state index contributed by atoms with van der Waals surface area (Å²) in [7, 11) is 2.24. The van der Waals surface area contributed by atoms with Crippen LogP contribution in [0.25, 0.3) is 0 Å². The lowest BCUT2D eigenvalue weighted by molar-refractivity contribution is 0.165. The van der Waals surface area contributed by atoms with Gasteiger partial charge in [0.1, 0.15) is 0 Å². The van der Waals surface area contributed by atoms with Crippen LogP contribution in [0.1, 0.15) is 51.7 Å². The smallest absolute Gasteiger partial charge is 0.0230 e. The summed E-state index contributed by atoms with van der Waals surface area (Å²) in [6, 6.07) is 9.46. The zero-order valence-electron chi connectivity index (χ0n) is 14.9. The monoisotopic (exact) mass is 290 g/mol. The largest absolute Gasteiger partial charge is 0.314 e. The van der Waals surface area contributed by atoms with Crippen molar-refractivity contribution in [1.29, 1.82) is 0 Å². The van der Waals surface area contributed by atoms with E-state index in [9.17, 15) is 0 Å². The molecule has 0 fully saturated rings. The van der Waals surface area contributed by atoms with Crippen molar-refractivity contribution in [3.8, 4) is 0 Å². The first kappa shape index (κ1) is 18.2. The molecule has 1 aromatic carbocycles. The highest BCUT2D eigenvalue weighted by Crippen LogP contribution is 2.24. The minimum atomic E-state index is 0.346. The Labute approximate surface area is 131 Å². The first-order valence-corrected chi connectivity index (χ1v) is 8.32. The average Bonchev–Trinajstić information content (AvgIpc) is 2.39. The van der Waals surface area contributed by atoms with Gasteiger partial charge < -0.3 is 10.2 Å². The van der Waals surface area contributed by atoms with Gasteiger partial charge in [-0.05, 0) is 31.4 Å². The summed E-state index contributed by atoms with van der Waals surface area (Å²) >= 11 is 0. The second kappa shape index (κ2) is 8.55. The highest BCUT2D eigenvalue weighted by atomic mass is 15.1. The summed E-state index contributed by atoms with van der Waals surface area (Å²) in [4.78, 5) is 2.46. The Morgan fingerprint density at radius 1 is 1.19 bits per heavy atom. The summed E-state index contributed by atoms with van der Waals surface area (Å²) in [6.07, 6.45) is 2.51. The van der Waals surface area contributed by atoms with E-state index >= 15 is 0 Å². The lowest BCUT2D eigenvalue weighted by atomic mass is 9.84. The van der Waals surface area contributed by atoms with E-state index in [0.717, 1.165) is 19.6 Å². The molecule has 1 aromatic rings. The van der Waals surface area contributed by atoms with Crippen molar-refractivity contribution in [2.24, 2.45) is 5.41 Å². The number of rotatable bonds is 9. The number of nitrogens with zero attached hydrogens (tertiary/aromatic N) is 1. The second-order valence-corrected chi connectivity index (χ2v) is 7.25. The summed E-state index contributed by atoms with van der Waals surface area (Å²) in [5.41, 5.74) is 3.08. The lowest BCUT2D eigenvalue weighted by Crippen LogP contribution is -2.42. The topological polar surface area (TPSA) is 15.3 Å². The van der Waals surface area contributed by atoms with Crippen LogP contribution < -0.4 is 5.32 Å². The molecular weight excluding hydrogens is 256 g/mol. The van der Waals surface area contributed by atoms with Gasteiger partial charge in [-0.15, -0.1) is 0 Å². The molecular formula is C19H34N2. The van der Waals surface area contributed by atoms with E-state index in [1.165, 1.54) is 24.0 Å². The van der Waals surface area contributed by atoms with Gasteiger partial charge in [-0.25, -0.2) is 0 Å². The van der Waals surface area contributed by atoms with Crippen molar-refractivity contribution in [2.45, 2.75) is 60.0 Å². The highest BCUT2D eigenvalue weighted by molar-refractivity contribution is 5.21. The highest BCUT2D eigenvalue weighted by Gasteiger charge is 2.25. The Kier molecular flexibility index (Phi) is 7.41. The van der Waals surface area contributed by atoms with Crippen LogP contribution in [0.2, 0.25) is 0 Å². The van der Waals surface area contributed by atoms with Crippen LogP contribution in [0.3, 0.4) is 0 Å². The Hall–Kier alpha value is -0.860. The van der Waals surface area contributed by atoms with E-state index in [2.05, 4.69) is 76.1 Å². The van der Waals surface area contributed by atoms with Crippen LogP contribution in [0.5, 0.6) is 0 Å². The number of nitrogens with one attached hydrogen (secondary N) is 1. The first-order chi connectivity index (χ1) is 9.84. The van der Waals surface area contributed by atoms with Crippen LogP contribution in [-0.2, 0) is 6.54 Å². The maximum absolute atomic E-state index is 3.62. The number of hydrogen-bond acceptors (Lipinski definition) is 2. The molecule has 0 radical (unpaired) electrons. The van der Waals surface area contributed by atoms with Gasteiger partial charge in [0.15, 0.2) is 0 Å². The zero-order valence-corrected chi connectivity index (χ0v) is 14.9. The molecule has 1 unspecified atom stereocenters. The molecule has 120 valence electrons. The first-order valence-electron chi connectivity index (χ1n) is 8.32. The third-order valence-corrected chi connectivity index (χ3v) is 4.02. The molecule has 0 aliphatic rings. The molecule has 0 aliphatic carbocycles. The minimum Gasteiger partial charge on any atom is -0.314 e. The van der Waals surface area contributed by atoms with Crippen LogP contribution in [0.15, 0.2) is 24.3 Å². The fourth-order valence-electron chi connectivity index (χ4n) is 2.99. The molecule has 1 rings (SSSR count). The number of aryl methyl sites for hydroxylation is 1. The van der Waals surface area contributed by atoms with E-state index < -0.39 is 0 Å². The predicted molar refractivity (Wildman–Crippen MR) is 93.7 cm³/mol. The van der Waals surface area contributed by atoms with Gasteiger partial charge in [0, 0.05) is 25.7 Å². The Bertz CT molecular complexity index is 397. The Balaban J connectivity index is 2.58. The van der Waals surface area contributed by atoms with Crippen molar-refractivity contribution in [3.05, 3.63) is 35.4 Å². The molecule has 0 amide bonds. The van der Waals surface area contributed by atoms with Crippen molar-refractivity contribution < 1.29 is 0 Å². The van der Waals surface area contributed by atoms with Gasteiger partial charge >= 0.3 is 0 Å². The second-order valence-electron chi connectivity index (χ2n) is 7.25. The molecule has 0 aromatic heterocycles.